The first kappa shape index (κ1) is 12.2. The molecule has 19 heavy (non-hydrogen) atoms. The predicted molar refractivity (Wildman–Crippen MR) is 66.0 cm³/mol. The van der Waals surface area contributed by atoms with Gasteiger partial charge in [0.2, 0.25) is 17.7 Å². The maximum absolute atomic E-state index is 12.4. The van der Waals surface area contributed by atoms with Crippen LogP contribution in [0.15, 0.2) is 10.6 Å². The van der Waals surface area contributed by atoms with Crippen LogP contribution in [0.4, 0.5) is 0 Å². The SMILES string of the molecule is Cc1cnc(C(C)N2CC(=O)NC(C3CC3)C2=O)o1. The van der Waals surface area contributed by atoms with Crippen molar-refractivity contribution in [1.82, 2.24) is 15.2 Å². The van der Waals surface area contributed by atoms with Gasteiger partial charge in [-0.05, 0) is 32.6 Å². The van der Waals surface area contributed by atoms with Crippen LogP contribution in [0.2, 0.25) is 0 Å². The zero-order valence-corrected chi connectivity index (χ0v) is 11.0. The summed E-state index contributed by atoms with van der Waals surface area (Å²) in [6.07, 6.45) is 3.65. The molecule has 6 heteroatoms. The van der Waals surface area contributed by atoms with Gasteiger partial charge >= 0.3 is 0 Å². The highest BCUT2D eigenvalue weighted by molar-refractivity contribution is 5.95. The lowest BCUT2D eigenvalue weighted by Crippen LogP contribution is -2.59. The second-order valence-corrected chi connectivity index (χ2v) is 5.33. The molecular weight excluding hydrogens is 246 g/mol. The lowest BCUT2D eigenvalue weighted by Gasteiger charge is -2.35. The van der Waals surface area contributed by atoms with Gasteiger partial charge in [0.15, 0.2) is 0 Å². The van der Waals surface area contributed by atoms with Gasteiger partial charge in [-0.2, -0.15) is 0 Å². The van der Waals surface area contributed by atoms with E-state index in [-0.39, 0.29) is 30.4 Å². The highest BCUT2D eigenvalue weighted by Crippen LogP contribution is 2.35. The topological polar surface area (TPSA) is 75.4 Å². The van der Waals surface area contributed by atoms with E-state index in [0.717, 1.165) is 12.8 Å². The summed E-state index contributed by atoms with van der Waals surface area (Å²) in [4.78, 5) is 29.9. The molecule has 1 saturated carbocycles. The number of oxazole rings is 1. The number of hydrogen-bond donors (Lipinski definition) is 1. The van der Waals surface area contributed by atoms with Gasteiger partial charge in [-0.15, -0.1) is 0 Å². The summed E-state index contributed by atoms with van der Waals surface area (Å²) in [7, 11) is 0. The van der Waals surface area contributed by atoms with Crippen LogP contribution in [0.1, 0.15) is 37.5 Å². The average Bonchev–Trinajstić information content (AvgIpc) is 3.13. The molecule has 1 aliphatic heterocycles. The molecule has 2 aliphatic rings. The fourth-order valence-electron chi connectivity index (χ4n) is 2.47. The van der Waals surface area contributed by atoms with Gasteiger partial charge < -0.3 is 14.6 Å². The minimum absolute atomic E-state index is 0.0227. The molecule has 6 nitrogen and oxygen atoms in total. The Morgan fingerprint density at radius 2 is 2.21 bits per heavy atom. The van der Waals surface area contributed by atoms with Crippen molar-refractivity contribution in [3.8, 4) is 0 Å². The van der Waals surface area contributed by atoms with Crippen molar-refractivity contribution < 1.29 is 14.0 Å². The van der Waals surface area contributed by atoms with Crippen LogP contribution in [0.5, 0.6) is 0 Å². The van der Waals surface area contributed by atoms with Crippen LogP contribution in [-0.2, 0) is 9.59 Å². The molecule has 0 bridgehead atoms. The van der Waals surface area contributed by atoms with Gasteiger partial charge in [-0.25, -0.2) is 4.98 Å². The summed E-state index contributed by atoms with van der Waals surface area (Å²) in [6.45, 7) is 3.72. The third-order valence-electron chi connectivity index (χ3n) is 3.74. The van der Waals surface area contributed by atoms with E-state index >= 15 is 0 Å². The maximum Gasteiger partial charge on any atom is 0.246 e. The Balaban J connectivity index is 1.81. The minimum Gasteiger partial charge on any atom is -0.444 e. The number of carbonyl (C=O) groups is 2. The number of piperazine rings is 1. The number of aryl methyl sites for hydroxylation is 1. The predicted octanol–water partition coefficient (Wildman–Crippen LogP) is 0.781. The molecule has 0 spiro atoms. The Bertz CT molecular complexity index is 521. The van der Waals surface area contributed by atoms with Gasteiger partial charge in [-0.3, -0.25) is 9.59 Å². The molecule has 1 N–H and O–H groups in total. The van der Waals surface area contributed by atoms with Crippen LogP contribution >= 0.6 is 0 Å². The Morgan fingerprint density at radius 3 is 2.79 bits per heavy atom. The number of aromatic nitrogens is 1. The number of amides is 2. The Morgan fingerprint density at radius 1 is 1.47 bits per heavy atom. The summed E-state index contributed by atoms with van der Waals surface area (Å²) in [5, 5.41) is 2.79. The van der Waals surface area contributed by atoms with Crippen LogP contribution in [0.25, 0.3) is 0 Å². The molecule has 2 fully saturated rings. The van der Waals surface area contributed by atoms with Crippen molar-refractivity contribution in [2.45, 2.75) is 38.8 Å². The van der Waals surface area contributed by atoms with Crippen molar-refractivity contribution in [1.29, 1.82) is 0 Å². The van der Waals surface area contributed by atoms with Crippen LogP contribution in [0.3, 0.4) is 0 Å². The Labute approximate surface area is 111 Å². The van der Waals surface area contributed by atoms with E-state index in [9.17, 15) is 9.59 Å². The maximum atomic E-state index is 12.4. The van der Waals surface area contributed by atoms with Gasteiger partial charge in [0.25, 0.3) is 0 Å². The van der Waals surface area contributed by atoms with Gasteiger partial charge in [-0.1, -0.05) is 0 Å². The Kier molecular flexibility index (Phi) is 2.80. The summed E-state index contributed by atoms with van der Waals surface area (Å²) < 4.78 is 5.46. The summed E-state index contributed by atoms with van der Waals surface area (Å²) in [5.41, 5.74) is 0. The van der Waals surface area contributed by atoms with E-state index in [0.29, 0.717) is 17.6 Å². The molecule has 3 rings (SSSR count). The fraction of sp³-hybridized carbons (Fsp3) is 0.615. The normalized spacial score (nSPS) is 25.4. The van der Waals surface area contributed by atoms with Crippen molar-refractivity contribution in [3.05, 3.63) is 17.8 Å². The molecule has 1 aliphatic carbocycles. The second-order valence-electron chi connectivity index (χ2n) is 5.33. The standard InChI is InChI=1S/C13H17N3O3/c1-7-5-14-12(19-7)8(2)16-6-10(17)15-11(13(16)18)9-3-4-9/h5,8-9,11H,3-4,6H2,1-2H3,(H,15,17). The van der Waals surface area contributed by atoms with E-state index in [4.69, 9.17) is 4.42 Å². The van der Waals surface area contributed by atoms with Crippen LogP contribution < -0.4 is 5.32 Å². The molecule has 2 heterocycles. The molecule has 1 saturated heterocycles. The highest BCUT2D eigenvalue weighted by atomic mass is 16.4. The average molecular weight is 263 g/mol. The highest BCUT2D eigenvalue weighted by Gasteiger charge is 2.44. The monoisotopic (exact) mass is 263 g/mol. The molecule has 102 valence electrons. The molecule has 0 radical (unpaired) electrons. The van der Waals surface area contributed by atoms with E-state index < -0.39 is 0 Å². The van der Waals surface area contributed by atoms with Crippen molar-refractivity contribution in [2.24, 2.45) is 5.92 Å². The number of carbonyl (C=O) groups excluding carboxylic acids is 2. The molecule has 2 unspecified atom stereocenters. The summed E-state index contributed by atoms with van der Waals surface area (Å²) in [6, 6.07) is -0.673. The largest absolute Gasteiger partial charge is 0.444 e. The lowest BCUT2D eigenvalue weighted by atomic mass is 10.1. The first-order chi connectivity index (χ1) is 9.06. The smallest absolute Gasteiger partial charge is 0.246 e. The Hall–Kier alpha value is -1.85. The third kappa shape index (κ3) is 2.22. The first-order valence-electron chi connectivity index (χ1n) is 6.58. The van der Waals surface area contributed by atoms with Crippen LogP contribution in [0, 0.1) is 12.8 Å². The minimum atomic E-state index is -0.361. The van der Waals surface area contributed by atoms with Gasteiger partial charge in [0, 0.05) is 0 Å². The van der Waals surface area contributed by atoms with Gasteiger partial charge in [0.05, 0.1) is 6.20 Å². The number of nitrogens with one attached hydrogen (secondary N) is 1. The number of hydrogen-bond acceptors (Lipinski definition) is 4. The van der Waals surface area contributed by atoms with Crippen molar-refractivity contribution in [3.63, 3.8) is 0 Å². The number of rotatable bonds is 3. The zero-order valence-electron chi connectivity index (χ0n) is 11.0. The molecule has 2 atom stereocenters. The molecule has 1 aromatic heterocycles. The molecule has 0 aromatic carbocycles. The van der Waals surface area contributed by atoms with E-state index in [1.807, 2.05) is 6.92 Å². The quantitative estimate of drug-likeness (QED) is 0.874. The first-order valence-corrected chi connectivity index (χ1v) is 6.58. The molecular formula is C13H17N3O3. The van der Waals surface area contributed by atoms with Crippen molar-refractivity contribution in [2.75, 3.05) is 6.54 Å². The zero-order chi connectivity index (χ0) is 13.6. The third-order valence-corrected chi connectivity index (χ3v) is 3.74. The summed E-state index contributed by atoms with van der Waals surface area (Å²) in [5.74, 6) is 1.36. The molecule has 2 amide bonds. The summed E-state index contributed by atoms with van der Waals surface area (Å²) >= 11 is 0. The lowest BCUT2D eigenvalue weighted by molar-refractivity contribution is -0.147. The van der Waals surface area contributed by atoms with E-state index in [1.165, 1.54) is 0 Å². The van der Waals surface area contributed by atoms with E-state index in [2.05, 4.69) is 10.3 Å². The van der Waals surface area contributed by atoms with Crippen LogP contribution in [-0.4, -0.2) is 34.3 Å². The number of nitrogens with zero attached hydrogens (tertiary/aromatic N) is 2. The van der Waals surface area contributed by atoms with E-state index in [1.54, 1.807) is 18.0 Å². The van der Waals surface area contributed by atoms with Gasteiger partial charge in [0.1, 0.15) is 24.4 Å². The van der Waals surface area contributed by atoms with Crippen molar-refractivity contribution >= 4 is 11.8 Å². The molecule has 1 aromatic rings. The fourth-order valence-corrected chi connectivity index (χ4v) is 2.47. The second kappa shape index (κ2) is 4.36.